The third-order valence-electron chi connectivity index (χ3n) is 10.2. The lowest BCUT2D eigenvalue weighted by Gasteiger charge is -2.39. The first-order valence-electron chi connectivity index (χ1n) is 18.3. The molecule has 6 aromatic rings. The number of nitrogens with one attached hydrogen (secondary N) is 3. The summed E-state index contributed by atoms with van der Waals surface area (Å²) in [5.41, 5.74) is 8.04. The average molecular weight is 726 g/mol. The molecule has 0 unspecified atom stereocenters. The van der Waals surface area contributed by atoms with Gasteiger partial charge >= 0.3 is 0 Å². The van der Waals surface area contributed by atoms with Crippen LogP contribution in [0, 0.1) is 0 Å². The minimum absolute atomic E-state index is 0.0266. The number of fused-ring (bicyclic) bond motifs is 1. The number of ether oxygens (including phenoxy) is 2. The molecule has 6 rings (SSSR count). The van der Waals surface area contributed by atoms with Gasteiger partial charge in [-0.25, -0.2) is 0 Å². The standard InChI is InChI=1S/C45H51N3O4Si/c1-45(2,3)53(5,6)52-42(37-22-25-41(44-38(37)23-26-43(49)48-44)51-31-33-13-9-7-10-14-33)30-46-28-27-32-17-19-35(20-18-32)47-36-21-24-40(50-4)39(29-36)34-15-11-8-12-16-34/h7-26,29,42,46-47H,27-28,30-31H2,1-6H3,(H,48,49)/t42-/m1/s1. The molecule has 0 saturated carbocycles. The molecule has 0 amide bonds. The first-order valence-corrected chi connectivity index (χ1v) is 21.2. The van der Waals surface area contributed by atoms with Crippen molar-refractivity contribution in [2.75, 3.05) is 25.5 Å². The smallest absolute Gasteiger partial charge is 0.248 e. The van der Waals surface area contributed by atoms with Crippen LogP contribution >= 0.6 is 0 Å². The van der Waals surface area contributed by atoms with Crippen molar-refractivity contribution in [2.45, 2.75) is 58.0 Å². The molecular weight excluding hydrogens is 675 g/mol. The van der Waals surface area contributed by atoms with Crippen molar-refractivity contribution >= 4 is 30.6 Å². The fourth-order valence-electron chi connectivity index (χ4n) is 6.15. The van der Waals surface area contributed by atoms with Crippen LogP contribution in [-0.4, -0.2) is 33.5 Å². The van der Waals surface area contributed by atoms with E-state index in [1.54, 1.807) is 13.2 Å². The topological polar surface area (TPSA) is 84.6 Å². The largest absolute Gasteiger partial charge is 0.496 e. The summed E-state index contributed by atoms with van der Waals surface area (Å²) >= 11 is 0. The maximum absolute atomic E-state index is 12.5. The summed E-state index contributed by atoms with van der Waals surface area (Å²) in [6.07, 6.45) is 0.651. The van der Waals surface area contributed by atoms with E-state index in [0.717, 1.165) is 57.7 Å². The second-order valence-electron chi connectivity index (χ2n) is 15.0. The fourth-order valence-corrected chi connectivity index (χ4v) is 7.42. The zero-order chi connectivity index (χ0) is 37.4. The Labute approximate surface area is 314 Å². The lowest BCUT2D eigenvalue weighted by molar-refractivity contribution is 0.182. The lowest BCUT2D eigenvalue weighted by Crippen LogP contribution is -2.43. The molecule has 1 heterocycles. The lowest BCUT2D eigenvalue weighted by atomic mass is 10.0. The second kappa shape index (κ2) is 16.7. The van der Waals surface area contributed by atoms with Gasteiger partial charge in [-0.15, -0.1) is 0 Å². The van der Waals surface area contributed by atoms with E-state index < -0.39 is 8.32 Å². The van der Waals surface area contributed by atoms with E-state index in [2.05, 4.69) is 98.0 Å². The van der Waals surface area contributed by atoms with E-state index in [0.29, 0.717) is 24.4 Å². The van der Waals surface area contributed by atoms with Gasteiger partial charge in [-0.2, -0.15) is 0 Å². The van der Waals surface area contributed by atoms with Crippen molar-refractivity contribution in [3.05, 3.63) is 154 Å². The molecule has 0 radical (unpaired) electrons. The maximum atomic E-state index is 12.5. The number of benzene rings is 5. The van der Waals surface area contributed by atoms with Crippen LogP contribution < -0.4 is 25.7 Å². The third kappa shape index (κ3) is 9.45. The zero-order valence-corrected chi connectivity index (χ0v) is 32.7. The maximum Gasteiger partial charge on any atom is 0.248 e. The van der Waals surface area contributed by atoms with Crippen LogP contribution in [0.3, 0.4) is 0 Å². The SMILES string of the molecule is COc1ccc(Nc2ccc(CCNC[C@@H](O[Si](C)(C)C(C)(C)C)c3ccc(OCc4ccccc4)c4[nH]c(=O)ccc34)cc2)cc1-c1ccccc1. The summed E-state index contributed by atoms with van der Waals surface area (Å²) in [6.45, 7) is 13.2. The normalized spacial score (nSPS) is 12.4. The van der Waals surface area contributed by atoms with E-state index in [4.69, 9.17) is 13.9 Å². The van der Waals surface area contributed by atoms with Crippen molar-refractivity contribution in [2.24, 2.45) is 0 Å². The molecule has 0 aliphatic carbocycles. The van der Waals surface area contributed by atoms with E-state index in [9.17, 15) is 4.79 Å². The monoisotopic (exact) mass is 725 g/mol. The van der Waals surface area contributed by atoms with Gasteiger partial charge in [0.25, 0.3) is 0 Å². The Morgan fingerprint density at radius 2 is 1.43 bits per heavy atom. The predicted molar refractivity (Wildman–Crippen MR) is 221 cm³/mol. The number of aromatic nitrogens is 1. The summed E-state index contributed by atoms with van der Waals surface area (Å²) in [7, 11) is -0.466. The van der Waals surface area contributed by atoms with Crippen molar-refractivity contribution in [3.8, 4) is 22.6 Å². The van der Waals surface area contributed by atoms with Gasteiger partial charge in [0.1, 0.15) is 18.1 Å². The molecular formula is C45H51N3O4Si. The molecule has 0 aliphatic rings. The molecule has 5 aromatic carbocycles. The van der Waals surface area contributed by atoms with Crippen LogP contribution in [0.1, 0.15) is 43.6 Å². The van der Waals surface area contributed by atoms with E-state index in [1.165, 1.54) is 5.56 Å². The Bertz CT molecular complexity index is 2160. The number of anilines is 2. The van der Waals surface area contributed by atoms with Crippen molar-refractivity contribution < 1.29 is 13.9 Å². The van der Waals surface area contributed by atoms with Gasteiger partial charge in [0.05, 0.1) is 18.7 Å². The summed E-state index contributed by atoms with van der Waals surface area (Å²) in [6, 6.07) is 42.6. The van der Waals surface area contributed by atoms with Gasteiger partial charge < -0.3 is 29.5 Å². The van der Waals surface area contributed by atoms with Gasteiger partial charge in [0, 0.05) is 34.9 Å². The highest BCUT2D eigenvalue weighted by Gasteiger charge is 2.39. The summed E-state index contributed by atoms with van der Waals surface area (Å²) in [5, 5.41) is 8.20. The molecule has 8 heteroatoms. The Hall–Kier alpha value is -5.15. The Kier molecular flexibility index (Phi) is 11.8. The van der Waals surface area contributed by atoms with Crippen LogP contribution in [0.2, 0.25) is 18.1 Å². The first kappa shape index (κ1) is 37.6. The van der Waals surface area contributed by atoms with E-state index in [-0.39, 0.29) is 16.7 Å². The van der Waals surface area contributed by atoms with Crippen LogP contribution in [0.15, 0.2) is 132 Å². The van der Waals surface area contributed by atoms with Gasteiger partial charge in [-0.3, -0.25) is 4.79 Å². The third-order valence-corrected chi connectivity index (χ3v) is 14.7. The number of methoxy groups -OCH3 is 1. The average Bonchev–Trinajstić information content (AvgIpc) is 3.16. The van der Waals surface area contributed by atoms with Crippen LogP contribution in [-0.2, 0) is 17.5 Å². The van der Waals surface area contributed by atoms with E-state index >= 15 is 0 Å². The molecule has 7 nitrogen and oxygen atoms in total. The van der Waals surface area contributed by atoms with Crippen LogP contribution in [0.25, 0.3) is 22.0 Å². The summed E-state index contributed by atoms with van der Waals surface area (Å²) < 4.78 is 19.0. The number of rotatable bonds is 15. The Morgan fingerprint density at radius 3 is 2.13 bits per heavy atom. The molecule has 0 fully saturated rings. The minimum Gasteiger partial charge on any atom is -0.496 e. The molecule has 3 N–H and O–H groups in total. The molecule has 0 spiro atoms. The second-order valence-corrected chi connectivity index (χ2v) is 19.7. The Balaban J connectivity index is 1.14. The summed E-state index contributed by atoms with van der Waals surface area (Å²) in [4.78, 5) is 15.6. The number of hydrogen-bond acceptors (Lipinski definition) is 6. The van der Waals surface area contributed by atoms with Crippen molar-refractivity contribution in [3.63, 3.8) is 0 Å². The molecule has 0 bridgehead atoms. The minimum atomic E-state index is -2.17. The quantitative estimate of drug-likeness (QED) is 0.0722. The highest BCUT2D eigenvalue weighted by atomic mass is 28.4. The highest BCUT2D eigenvalue weighted by molar-refractivity contribution is 6.74. The van der Waals surface area contributed by atoms with Crippen molar-refractivity contribution in [1.29, 1.82) is 0 Å². The van der Waals surface area contributed by atoms with Gasteiger partial charge in [0.15, 0.2) is 8.32 Å². The fraction of sp³-hybridized carbons (Fsp3) is 0.267. The van der Waals surface area contributed by atoms with Gasteiger partial charge in [-0.1, -0.05) is 99.6 Å². The Morgan fingerprint density at radius 1 is 0.755 bits per heavy atom. The number of pyridine rings is 1. The zero-order valence-electron chi connectivity index (χ0n) is 31.7. The van der Waals surface area contributed by atoms with Crippen LogP contribution in [0.4, 0.5) is 11.4 Å². The highest BCUT2D eigenvalue weighted by Crippen LogP contribution is 2.41. The predicted octanol–water partition coefficient (Wildman–Crippen LogP) is 10.4. The molecule has 0 aliphatic heterocycles. The molecule has 53 heavy (non-hydrogen) atoms. The van der Waals surface area contributed by atoms with Crippen molar-refractivity contribution in [1.82, 2.24) is 10.3 Å². The number of H-pyrrole nitrogens is 1. The van der Waals surface area contributed by atoms with Gasteiger partial charge in [0.2, 0.25) is 5.56 Å². The summed E-state index contributed by atoms with van der Waals surface area (Å²) in [5.74, 6) is 1.49. The molecule has 1 atom stereocenters. The molecule has 0 saturated heterocycles. The van der Waals surface area contributed by atoms with Crippen LogP contribution in [0.5, 0.6) is 11.5 Å². The molecule has 274 valence electrons. The van der Waals surface area contributed by atoms with E-state index in [1.807, 2.05) is 72.8 Å². The van der Waals surface area contributed by atoms with Gasteiger partial charge in [-0.05, 0) is 95.8 Å². The molecule has 1 aromatic heterocycles. The number of hydrogen-bond donors (Lipinski definition) is 3. The first-order chi connectivity index (χ1) is 25.5. The number of aromatic amines is 1.